The Morgan fingerprint density at radius 1 is 1.39 bits per heavy atom. The first-order valence-electron chi connectivity index (χ1n) is 6.87. The molecule has 1 amide bonds. The maximum atomic E-state index is 12.0. The number of carboxylic acid groups (broad SMARTS) is 1. The van der Waals surface area contributed by atoms with Gasteiger partial charge in [-0.15, -0.1) is 0 Å². The number of aliphatic carboxylic acids is 1. The van der Waals surface area contributed by atoms with E-state index in [2.05, 4.69) is 5.32 Å². The van der Waals surface area contributed by atoms with Crippen molar-refractivity contribution in [3.8, 4) is 5.75 Å². The molecule has 1 aromatic carbocycles. The van der Waals surface area contributed by atoms with Crippen molar-refractivity contribution in [3.05, 3.63) is 29.8 Å². The smallest absolute Gasteiger partial charge is 0.312 e. The fourth-order valence-electron chi connectivity index (χ4n) is 1.89. The van der Waals surface area contributed by atoms with Crippen LogP contribution in [0.15, 0.2) is 24.3 Å². The molecule has 0 saturated heterocycles. The van der Waals surface area contributed by atoms with E-state index in [9.17, 15) is 14.4 Å². The molecule has 0 aliphatic carbocycles. The van der Waals surface area contributed by atoms with Gasteiger partial charge in [-0.05, 0) is 24.6 Å². The van der Waals surface area contributed by atoms with Gasteiger partial charge in [0.2, 0.25) is 0 Å². The number of methoxy groups -OCH3 is 1. The fourth-order valence-corrected chi connectivity index (χ4v) is 1.89. The van der Waals surface area contributed by atoms with Crippen LogP contribution in [-0.2, 0) is 9.59 Å². The number of hydrogen-bond donors (Lipinski definition) is 4. The molecule has 8 nitrogen and oxygen atoms in total. The maximum absolute atomic E-state index is 12.0. The number of nitrogens with two attached hydrogens (primary N) is 1. The summed E-state index contributed by atoms with van der Waals surface area (Å²) < 4.78 is 5.01. The van der Waals surface area contributed by atoms with Gasteiger partial charge in [0.15, 0.2) is 5.78 Å². The van der Waals surface area contributed by atoms with Crippen LogP contribution >= 0.6 is 0 Å². The molecule has 124 valence electrons. The quantitative estimate of drug-likeness (QED) is 0.474. The summed E-state index contributed by atoms with van der Waals surface area (Å²) in [5.74, 6) is -3.19. The first-order valence-corrected chi connectivity index (χ1v) is 6.87. The Morgan fingerprint density at radius 3 is 2.65 bits per heavy atom. The van der Waals surface area contributed by atoms with E-state index >= 15 is 0 Å². The number of benzene rings is 1. The summed E-state index contributed by atoms with van der Waals surface area (Å²) in [6.07, 6.45) is -0.0738. The molecule has 0 heterocycles. The zero-order valence-electron chi connectivity index (χ0n) is 12.7. The minimum absolute atomic E-state index is 0.00718. The standard InChI is InChI=1S/C15H19N3O5/c1-23-10-4-2-3-9(7-10)14(20)18-6-5-11(15(21)22)13(17)12(19)8-16/h2-4,7,11,17H,5-6,8,16H2,1H3,(H,18,20)(H,21,22). The van der Waals surface area contributed by atoms with Gasteiger partial charge in [0.1, 0.15) is 11.7 Å². The Balaban J connectivity index is 2.62. The van der Waals surface area contributed by atoms with Gasteiger partial charge in [-0.25, -0.2) is 0 Å². The van der Waals surface area contributed by atoms with E-state index in [0.717, 1.165) is 0 Å². The van der Waals surface area contributed by atoms with E-state index in [-0.39, 0.29) is 13.0 Å². The molecule has 1 unspecified atom stereocenters. The zero-order valence-corrected chi connectivity index (χ0v) is 12.7. The molecule has 0 bridgehead atoms. The molecule has 0 aliphatic heterocycles. The average Bonchev–Trinajstić information content (AvgIpc) is 2.56. The molecule has 0 saturated carbocycles. The number of ketones is 1. The largest absolute Gasteiger partial charge is 0.497 e. The molecule has 0 aromatic heterocycles. The number of hydrogen-bond acceptors (Lipinski definition) is 6. The van der Waals surface area contributed by atoms with Crippen molar-refractivity contribution in [2.24, 2.45) is 11.7 Å². The summed E-state index contributed by atoms with van der Waals surface area (Å²) in [6.45, 7) is -0.411. The summed E-state index contributed by atoms with van der Waals surface area (Å²) in [5, 5.41) is 19.2. The van der Waals surface area contributed by atoms with Crippen molar-refractivity contribution < 1.29 is 24.2 Å². The Labute approximate surface area is 133 Å². The summed E-state index contributed by atoms with van der Waals surface area (Å²) in [7, 11) is 1.48. The first kappa shape index (κ1) is 18.3. The highest BCUT2D eigenvalue weighted by Gasteiger charge is 2.26. The Bertz CT molecular complexity index is 615. The van der Waals surface area contributed by atoms with Crippen LogP contribution in [0.25, 0.3) is 0 Å². The minimum Gasteiger partial charge on any atom is -0.497 e. The van der Waals surface area contributed by atoms with Gasteiger partial charge >= 0.3 is 5.97 Å². The average molecular weight is 321 g/mol. The number of nitrogens with one attached hydrogen (secondary N) is 2. The van der Waals surface area contributed by atoms with Crippen LogP contribution in [0.3, 0.4) is 0 Å². The summed E-state index contributed by atoms with van der Waals surface area (Å²) in [5.41, 5.74) is 4.93. The molecule has 1 rings (SSSR count). The number of ether oxygens (including phenoxy) is 1. The third kappa shape index (κ3) is 5.19. The number of carbonyl (C=O) groups is 3. The van der Waals surface area contributed by atoms with Crippen molar-refractivity contribution in [2.75, 3.05) is 20.2 Å². The molecule has 0 fully saturated rings. The van der Waals surface area contributed by atoms with Crippen molar-refractivity contribution >= 4 is 23.4 Å². The second-order valence-corrected chi connectivity index (χ2v) is 4.71. The molecule has 0 aliphatic rings. The predicted octanol–water partition coefficient (Wildman–Crippen LogP) is 0.0635. The fraction of sp³-hybridized carbons (Fsp3) is 0.333. The van der Waals surface area contributed by atoms with Gasteiger partial charge in [0.05, 0.1) is 19.4 Å². The summed E-state index contributed by atoms with van der Waals surface area (Å²) >= 11 is 0. The third-order valence-corrected chi connectivity index (χ3v) is 3.18. The van der Waals surface area contributed by atoms with Gasteiger partial charge in [0.25, 0.3) is 5.91 Å². The Kier molecular flexibility index (Phi) is 6.88. The van der Waals surface area contributed by atoms with Crippen LogP contribution in [0.2, 0.25) is 0 Å². The van der Waals surface area contributed by atoms with E-state index in [1.165, 1.54) is 7.11 Å². The second-order valence-electron chi connectivity index (χ2n) is 4.71. The molecule has 1 atom stereocenters. The Morgan fingerprint density at radius 2 is 2.09 bits per heavy atom. The number of rotatable bonds is 9. The lowest BCUT2D eigenvalue weighted by atomic mass is 9.96. The zero-order chi connectivity index (χ0) is 17.4. The topological polar surface area (TPSA) is 143 Å². The van der Waals surface area contributed by atoms with Crippen LogP contribution in [0, 0.1) is 11.3 Å². The Hall–Kier alpha value is -2.74. The van der Waals surface area contributed by atoms with E-state index in [4.69, 9.17) is 21.0 Å². The number of amides is 1. The number of Topliss-reactive ketones (excluding diaryl/α,β-unsaturated/α-hetero) is 1. The summed E-state index contributed by atoms with van der Waals surface area (Å²) in [6, 6.07) is 6.48. The first-order chi connectivity index (χ1) is 10.9. The molecule has 1 aromatic rings. The maximum Gasteiger partial charge on any atom is 0.312 e. The molecule has 0 spiro atoms. The van der Waals surface area contributed by atoms with Crippen LogP contribution in [-0.4, -0.2) is 48.7 Å². The lowest BCUT2D eigenvalue weighted by Crippen LogP contribution is -2.36. The number of carboxylic acids is 1. The van der Waals surface area contributed by atoms with Gasteiger partial charge in [-0.1, -0.05) is 6.07 Å². The highest BCUT2D eigenvalue weighted by atomic mass is 16.5. The number of carbonyl (C=O) groups excluding carboxylic acids is 2. The van der Waals surface area contributed by atoms with E-state index < -0.39 is 35.8 Å². The molecule has 8 heteroatoms. The molecular weight excluding hydrogens is 302 g/mol. The van der Waals surface area contributed by atoms with Crippen LogP contribution in [0.5, 0.6) is 5.75 Å². The highest BCUT2D eigenvalue weighted by molar-refractivity contribution is 6.42. The van der Waals surface area contributed by atoms with Gasteiger partial charge < -0.3 is 26.3 Å². The molecular formula is C15H19N3O5. The third-order valence-electron chi connectivity index (χ3n) is 3.18. The molecule has 0 radical (unpaired) electrons. The van der Waals surface area contributed by atoms with E-state index in [0.29, 0.717) is 11.3 Å². The van der Waals surface area contributed by atoms with Gasteiger partial charge in [-0.3, -0.25) is 14.4 Å². The van der Waals surface area contributed by atoms with E-state index in [1.54, 1.807) is 24.3 Å². The van der Waals surface area contributed by atoms with Crippen molar-refractivity contribution in [1.82, 2.24) is 5.32 Å². The SMILES string of the molecule is COc1cccc(C(=O)NCCC(C(=N)C(=O)CN)C(=O)O)c1. The lowest BCUT2D eigenvalue weighted by Gasteiger charge is -2.13. The van der Waals surface area contributed by atoms with Crippen LogP contribution in [0.1, 0.15) is 16.8 Å². The minimum atomic E-state index is -1.30. The van der Waals surface area contributed by atoms with E-state index in [1.807, 2.05) is 0 Å². The van der Waals surface area contributed by atoms with Crippen LogP contribution in [0.4, 0.5) is 0 Å². The van der Waals surface area contributed by atoms with Crippen LogP contribution < -0.4 is 15.8 Å². The summed E-state index contributed by atoms with van der Waals surface area (Å²) in [4.78, 5) is 34.4. The van der Waals surface area contributed by atoms with Crippen molar-refractivity contribution in [1.29, 1.82) is 5.41 Å². The second kappa shape index (κ2) is 8.64. The predicted molar refractivity (Wildman–Crippen MR) is 82.9 cm³/mol. The van der Waals surface area contributed by atoms with Gasteiger partial charge in [-0.2, -0.15) is 0 Å². The normalized spacial score (nSPS) is 11.4. The van der Waals surface area contributed by atoms with Gasteiger partial charge in [0, 0.05) is 12.1 Å². The lowest BCUT2D eigenvalue weighted by molar-refractivity contribution is -0.140. The van der Waals surface area contributed by atoms with Crippen molar-refractivity contribution in [2.45, 2.75) is 6.42 Å². The molecule has 23 heavy (non-hydrogen) atoms. The molecule has 5 N–H and O–H groups in total. The monoisotopic (exact) mass is 321 g/mol. The highest BCUT2D eigenvalue weighted by Crippen LogP contribution is 2.12. The van der Waals surface area contributed by atoms with Crippen molar-refractivity contribution in [3.63, 3.8) is 0 Å².